The Kier molecular flexibility index (Phi) is 8.83. The number of allylic oxidation sites excluding steroid dienone is 1. The number of carbonyl (C=O) groups excluding carboxylic acids is 2. The zero-order valence-corrected chi connectivity index (χ0v) is 19.7. The van der Waals surface area contributed by atoms with Crippen molar-refractivity contribution in [2.24, 2.45) is 10.9 Å². The lowest BCUT2D eigenvalue weighted by Crippen LogP contribution is -2.66. The van der Waals surface area contributed by atoms with Crippen LogP contribution >= 0.6 is 0 Å². The van der Waals surface area contributed by atoms with Crippen LogP contribution in [0.2, 0.25) is 0 Å². The van der Waals surface area contributed by atoms with Crippen molar-refractivity contribution in [1.29, 1.82) is 0 Å². The fraction of sp³-hybridized carbons (Fsp3) is 0.739. The van der Waals surface area contributed by atoms with Gasteiger partial charge in [0.2, 0.25) is 11.9 Å². The molecule has 180 valence electrons. The van der Waals surface area contributed by atoms with Crippen LogP contribution in [0.4, 0.5) is 4.79 Å². The zero-order valence-electron chi connectivity index (χ0n) is 19.7. The Morgan fingerprint density at radius 3 is 2.75 bits per heavy atom. The van der Waals surface area contributed by atoms with Gasteiger partial charge in [0, 0.05) is 30.5 Å². The summed E-state index contributed by atoms with van der Waals surface area (Å²) in [4.78, 5) is 42.9. The van der Waals surface area contributed by atoms with Crippen LogP contribution in [0, 0.1) is 5.92 Å². The minimum absolute atomic E-state index is 0.0171. The SMILES string of the molecule is C=CCC[C@]1(CC)CC(=O)N(C2CCOCC2CCC(=O)O)/C(=N/C(=O)OC(C)(C)C)N1. The largest absolute Gasteiger partial charge is 0.481 e. The molecule has 0 radical (unpaired) electrons. The Hall–Kier alpha value is -2.42. The number of carbonyl (C=O) groups is 3. The number of nitrogens with one attached hydrogen (secondary N) is 1. The molecule has 9 nitrogen and oxygen atoms in total. The van der Waals surface area contributed by atoms with Crippen LogP contribution in [0.1, 0.15) is 72.6 Å². The molecule has 0 aromatic rings. The van der Waals surface area contributed by atoms with Crippen LogP contribution in [0.3, 0.4) is 0 Å². The normalized spacial score (nSPS) is 27.7. The van der Waals surface area contributed by atoms with E-state index in [9.17, 15) is 14.4 Å². The standard InChI is InChI=1S/C23H37N3O6/c1-6-8-12-23(7-2)14-18(27)26(20(25-23)24-21(30)32-22(3,4)5)17-11-13-31-15-16(17)9-10-19(28)29/h6,16-17H,1,7-15H2,2-5H3,(H,28,29)(H,24,25,30)/t16?,17?,23-/m1/s1. The molecular formula is C23H37N3O6. The summed E-state index contributed by atoms with van der Waals surface area (Å²) in [5.41, 5.74) is -1.26. The summed E-state index contributed by atoms with van der Waals surface area (Å²) < 4.78 is 11.0. The maximum absolute atomic E-state index is 13.5. The average Bonchev–Trinajstić information content (AvgIpc) is 2.69. The average molecular weight is 452 g/mol. The van der Waals surface area contributed by atoms with E-state index in [0.717, 1.165) is 0 Å². The molecule has 9 heteroatoms. The lowest BCUT2D eigenvalue weighted by atomic mass is 9.83. The van der Waals surface area contributed by atoms with E-state index >= 15 is 0 Å². The Bertz CT molecular complexity index is 745. The van der Waals surface area contributed by atoms with Crippen LogP contribution in [-0.2, 0) is 19.1 Å². The van der Waals surface area contributed by atoms with Gasteiger partial charge < -0.3 is 19.9 Å². The van der Waals surface area contributed by atoms with Gasteiger partial charge >= 0.3 is 12.1 Å². The Balaban J connectivity index is 2.40. The molecule has 32 heavy (non-hydrogen) atoms. The topological polar surface area (TPSA) is 118 Å². The number of ether oxygens (including phenoxy) is 2. The smallest absolute Gasteiger partial charge is 0.437 e. The summed E-state index contributed by atoms with van der Waals surface area (Å²) in [6.07, 6.45) is 4.25. The molecule has 0 aromatic carbocycles. The van der Waals surface area contributed by atoms with E-state index in [0.29, 0.717) is 45.3 Å². The van der Waals surface area contributed by atoms with E-state index in [1.54, 1.807) is 31.7 Å². The fourth-order valence-electron chi connectivity index (χ4n) is 4.26. The summed E-state index contributed by atoms with van der Waals surface area (Å²) in [5, 5.41) is 12.5. The summed E-state index contributed by atoms with van der Waals surface area (Å²) >= 11 is 0. The molecule has 0 saturated carbocycles. The molecule has 2 rings (SSSR count). The van der Waals surface area contributed by atoms with Crippen molar-refractivity contribution >= 4 is 23.9 Å². The van der Waals surface area contributed by atoms with Gasteiger partial charge in [-0.25, -0.2) is 4.79 Å². The van der Waals surface area contributed by atoms with E-state index in [4.69, 9.17) is 14.6 Å². The number of nitrogens with zero attached hydrogens (tertiary/aromatic N) is 2. The number of hydrogen-bond acceptors (Lipinski definition) is 5. The number of carboxylic acid groups (broad SMARTS) is 1. The Morgan fingerprint density at radius 1 is 1.44 bits per heavy atom. The van der Waals surface area contributed by atoms with Gasteiger partial charge in [-0.1, -0.05) is 13.0 Å². The van der Waals surface area contributed by atoms with E-state index < -0.39 is 23.2 Å². The first-order valence-electron chi connectivity index (χ1n) is 11.3. The number of guanidine groups is 1. The molecule has 0 aromatic heterocycles. The summed E-state index contributed by atoms with van der Waals surface area (Å²) in [7, 11) is 0. The second-order valence-corrected chi connectivity index (χ2v) is 9.57. The number of amides is 2. The van der Waals surface area contributed by atoms with Gasteiger partial charge in [-0.3, -0.25) is 14.5 Å². The molecule has 0 spiro atoms. The molecule has 2 amide bonds. The first-order chi connectivity index (χ1) is 15.0. The number of carboxylic acids is 1. The van der Waals surface area contributed by atoms with Crippen molar-refractivity contribution in [3.63, 3.8) is 0 Å². The van der Waals surface area contributed by atoms with Gasteiger partial charge in [-0.2, -0.15) is 0 Å². The molecule has 2 saturated heterocycles. The Morgan fingerprint density at radius 2 is 2.16 bits per heavy atom. The Labute approximate surface area is 190 Å². The number of rotatable bonds is 8. The van der Waals surface area contributed by atoms with Crippen molar-refractivity contribution in [2.45, 2.75) is 89.8 Å². The molecule has 0 aliphatic carbocycles. The summed E-state index contributed by atoms with van der Waals surface area (Å²) in [6, 6.07) is -0.307. The lowest BCUT2D eigenvalue weighted by molar-refractivity contribution is -0.138. The predicted molar refractivity (Wildman–Crippen MR) is 120 cm³/mol. The molecule has 2 aliphatic heterocycles. The van der Waals surface area contributed by atoms with Crippen LogP contribution < -0.4 is 5.32 Å². The first-order valence-corrected chi connectivity index (χ1v) is 11.3. The number of hydrogen-bond donors (Lipinski definition) is 2. The number of aliphatic carboxylic acids is 1. The van der Waals surface area contributed by atoms with E-state index in [1.807, 2.05) is 6.92 Å². The maximum atomic E-state index is 13.5. The highest BCUT2D eigenvalue weighted by Gasteiger charge is 2.45. The predicted octanol–water partition coefficient (Wildman–Crippen LogP) is 3.48. The monoisotopic (exact) mass is 451 g/mol. The van der Waals surface area contributed by atoms with Crippen LogP contribution in [0.25, 0.3) is 0 Å². The second-order valence-electron chi connectivity index (χ2n) is 9.57. The molecular weight excluding hydrogens is 414 g/mol. The van der Waals surface area contributed by atoms with Gasteiger partial charge in [0.1, 0.15) is 5.60 Å². The summed E-state index contributed by atoms with van der Waals surface area (Å²) in [6.45, 7) is 11.8. The van der Waals surface area contributed by atoms with Crippen LogP contribution in [-0.4, -0.2) is 64.3 Å². The van der Waals surface area contributed by atoms with Crippen LogP contribution in [0.15, 0.2) is 17.6 Å². The van der Waals surface area contributed by atoms with Gasteiger partial charge in [0.05, 0.1) is 13.0 Å². The van der Waals surface area contributed by atoms with Crippen molar-refractivity contribution in [2.75, 3.05) is 13.2 Å². The van der Waals surface area contributed by atoms with Gasteiger partial charge in [-0.05, 0) is 52.9 Å². The molecule has 2 fully saturated rings. The maximum Gasteiger partial charge on any atom is 0.437 e. The molecule has 3 atom stereocenters. The molecule has 2 aliphatic rings. The van der Waals surface area contributed by atoms with Crippen molar-refractivity contribution in [3.05, 3.63) is 12.7 Å². The van der Waals surface area contributed by atoms with E-state index in [2.05, 4.69) is 16.9 Å². The lowest BCUT2D eigenvalue weighted by Gasteiger charge is -2.48. The minimum Gasteiger partial charge on any atom is -0.481 e. The van der Waals surface area contributed by atoms with Gasteiger partial charge in [0.25, 0.3) is 0 Å². The second kappa shape index (κ2) is 10.9. The highest BCUT2D eigenvalue weighted by Crippen LogP contribution is 2.33. The van der Waals surface area contributed by atoms with E-state index in [1.165, 1.54) is 0 Å². The fourth-order valence-corrected chi connectivity index (χ4v) is 4.26. The van der Waals surface area contributed by atoms with Crippen LogP contribution in [0.5, 0.6) is 0 Å². The van der Waals surface area contributed by atoms with E-state index in [-0.39, 0.29) is 36.7 Å². The molecule has 2 N–H and O–H groups in total. The van der Waals surface area contributed by atoms with Gasteiger partial charge in [-0.15, -0.1) is 11.6 Å². The van der Waals surface area contributed by atoms with Gasteiger partial charge in [0.15, 0.2) is 0 Å². The third-order valence-corrected chi connectivity index (χ3v) is 5.95. The highest BCUT2D eigenvalue weighted by atomic mass is 16.6. The molecule has 2 heterocycles. The summed E-state index contributed by atoms with van der Waals surface area (Å²) in [5.74, 6) is -1.02. The third-order valence-electron chi connectivity index (χ3n) is 5.95. The molecule has 2 unspecified atom stereocenters. The minimum atomic E-state index is -0.894. The van der Waals surface area contributed by atoms with Crippen molar-refractivity contribution in [3.8, 4) is 0 Å². The highest BCUT2D eigenvalue weighted by molar-refractivity contribution is 6.04. The van der Waals surface area contributed by atoms with Crippen molar-refractivity contribution in [1.82, 2.24) is 10.2 Å². The quantitative estimate of drug-likeness (QED) is 0.543. The van der Waals surface area contributed by atoms with Crippen molar-refractivity contribution < 1.29 is 29.0 Å². The zero-order chi connectivity index (χ0) is 23.9. The third kappa shape index (κ3) is 7.05. The molecule has 0 bridgehead atoms. The first kappa shape index (κ1) is 25.8. The number of aliphatic imine (C=N–C) groups is 1.